The van der Waals surface area contributed by atoms with Gasteiger partial charge in [-0.2, -0.15) is 0 Å². The van der Waals surface area contributed by atoms with E-state index in [1.54, 1.807) is 12.1 Å². The van der Waals surface area contributed by atoms with Crippen LogP contribution in [0.15, 0.2) is 38.5 Å². The maximum atomic E-state index is 13.1. The molecule has 7 nitrogen and oxygen atoms in total. The molecule has 10 heteroatoms. The van der Waals surface area contributed by atoms with Crippen molar-refractivity contribution in [2.45, 2.75) is 21.2 Å². The van der Waals surface area contributed by atoms with E-state index < -0.39 is 19.7 Å². The van der Waals surface area contributed by atoms with Gasteiger partial charge in [0.2, 0.25) is 24.0 Å². The van der Waals surface area contributed by atoms with Gasteiger partial charge < -0.3 is 10.2 Å². The van der Waals surface area contributed by atoms with Crippen molar-refractivity contribution in [1.29, 1.82) is 0 Å². The Morgan fingerprint density at radius 2 is 1.68 bits per heavy atom. The summed E-state index contributed by atoms with van der Waals surface area (Å²) in [7, 11) is -7.49. The molecule has 3 rings (SSSR count). The van der Waals surface area contributed by atoms with Gasteiger partial charge in [0.1, 0.15) is 5.00 Å². The Labute approximate surface area is 151 Å². The van der Waals surface area contributed by atoms with E-state index in [4.69, 9.17) is 0 Å². The van der Waals surface area contributed by atoms with Crippen LogP contribution in [0.2, 0.25) is 0 Å². The second-order valence-electron chi connectivity index (χ2n) is 5.92. The summed E-state index contributed by atoms with van der Waals surface area (Å²) in [6, 6.07) is 6.46. The van der Waals surface area contributed by atoms with Crippen LogP contribution in [0, 0.1) is 6.92 Å². The molecule has 0 radical (unpaired) electrons. The first kappa shape index (κ1) is 18.3. The molecule has 1 aromatic heterocycles. The van der Waals surface area contributed by atoms with Crippen LogP contribution in [0.25, 0.3) is 0 Å². The maximum absolute atomic E-state index is 13.1. The number of nitrogens with one attached hydrogen (secondary N) is 1. The molecule has 0 bridgehead atoms. The van der Waals surface area contributed by atoms with E-state index in [1.165, 1.54) is 12.1 Å². The molecule has 0 atom stereocenters. The molecule has 0 saturated carbocycles. The molecule has 1 fully saturated rings. The van der Waals surface area contributed by atoms with Crippen LogP contribution in [0.5, 0.6) is 0 Å². The normalized spacial score (nSPS) is 16.2. The Morgan fingerprint density at radius 1 is 1.08 bits per heavy atom. The number of hydrogen-bond acceptors (Lipinski definition) is 8. The van der Waals surface area contributed by atoms with Crippen molar-refractivity contribution in [3.05, 3.63) is 29.8 Å². The molecule has 0 amide bonds. The van der Waals surface area contributed by atoms with Gasteiger partial charge in [0, 0.05) is 32.4 Å². The number of aromatic nitrogens is 1. The zero-order valence-electron chi connectivity index (χ0n) is 13.9. The van der Waals surface area contributed by atoms with Gasteiger partial charge in [0.05, 0.1) is 4.90 Å². The Hall–Kier alpha value is -1.49. The highest BCUT2D eigenvalue weighted by atomic mass is 32.2. The van der Waals surface area contributed by atoms with E-state index in [0.29, 0.717) is 31.2 Å². The van der Waals surface area contributed by atoms with Crippen LogP contribution in [0.4, 0.5) is 5.00 Å². The molecule has 2 aromatic rings. The lowest BCUT2D eigenvalue weighted by atomic mass is 10.2. The Morgan fingerprint density at radius 3 is 2.24 bits per heavy atom. The summed E-state index contributed by atoms with van der Waals surface area (Å²) >= 11 is 0.918. The van der Waals surface area contributed by atoms with Crippen molar-refractivity contribution in [3.8, 4) is 0 Å². The molecular weight excluding hydrogens is 382 g/mol. The van der Waals surface area contributed by atoms with Gasteiger partial charge >= 0.3 is 0 Å². The highest BCUT2D eigenvalue weighted by Crippen LogP contribution is 2.37. The first-order valence-electron chi connectivity index (χ1n) is 7.68. The number of thiazole rings is 1. The first-order chi connectivity index (χ1) is 11.7. The van der Waals surface area contributed by atoms with Crippen LogP contribution >= 0.6 is 11.3 Å². The summed E-state index contributed by atoms with van der Waals surface area (Å²) < 4.78 is 49.8. The SMILES string of the molecule is Cc1ccc(S(=O)(=O)c2nc(S(C)(=O)=O)sc2N2CCNCC2)cc1. The average Bonchev–Trinajstić information content (AvgIpc) is 3.02. The number of piperazine rings is 1. The van der Waals surface area contributed by atoms with Crippen LogP contribution in [0.1, 0.15) is 5.56 Å². The molecule has 0 unspecified atom stereocenters. The molecule has 1 aliphatic heterocycles. The van der Waals surface area contributed by atoms with E-state index in [0.717, 1.165) is 23.2 Å². The fraction of sp³-hybridized carbons (Fsp3) is 0.400. The fourth-order valence-corrected chi connectivity index (χ4v) is 6.21. The number of benzene rings is 1. The third-order valence-corrected chi connectivity index (χ3v) is 8.48. The van der Waals surface area contributed by atoms with Gasteiger partial charge in [-0.25, -0.2) is 21.8 Å². The molecule has 2 heterocycles. The minimum atomic E-state index is -3.90. The summed E-state index contributed by atoms with van der Waals surface area (Å²) in [6.45, 7) is 4.48. The lowest BCUT2D eigenvalue weighted by Crippen LogP contribution is -2.43. The molecule has 25 heavy (non-hydrogen) atoms. The number of hydrogen-bond donors (Lipinski definition) is 1. The molecule has 1 saturated heterocycles. The summed E-state index contributed by atoms with van der Waals surface area (Å²) in [6.07, 6.45) is 1.04. The summed E-state index contributed by atoms with van der Waals surface area (Å²) in [5.74, 6) is 0. The molecular formula is C15H19N3O4S3. The number of aryl methyl sites for hydroxylation is 1. The van der Waals surface area contributed by atoms with E-state index in [2.05, 4.69) is 10.3 Å². The molecule has 1 aliphatic rings. The van der Waals surface area contributed by atoms with Gasteiger partial charge in [-0.05, 0) is 19.1 Å². The van der Waals surface area contributed by atoms with E-state index in [9.17, 15) is 16.8 Å². The number of rotatable bonds is 4. The van der Waals surface area contributed by atoms with E-state index >= 15 is 0 Å². The highest BCUT2D eigenvalue weighted by Gasteiger charge is 2.31. The largest absolute Gasteiger partial charge is 0.358 e. The van der Waals surface area contributed by atoms with Gasteiger partial charge in [0.25, 0.3) is 0 Å². The number of anilines is 1. The fourth-order valence-electron chi connectivity index (χ4n) is 2.51. The minimum absolute atomic E-state index is 0.111. The Kier molecular flexibility index (Phi) is 4.89. The van der Waals surface area contributed by atoms with Gasteiger partial charge in [-0.15, -0.1) is 0 Å². The zero-order chi connectivity index (χ0) is 18.2. The predicted octanol–water partition coefficient (Wildman–Crippen LogP) is 1.10. The standard InChI is InChI=1S/C15H19N3O4S3/c1-11-3-5-12(6-4-11)25(21,22)13-14(18-9-7-16-8-10-18)23-15(17-13)24(2,19)20/h3-6,16H,7-10H2,1-2H3. The zero-order valence-corrected chi connectivity index (χ0v) is 16.3. The van der Waals surface area contributed by atoms with Crippen molar-refractivity contribution >= 4 is 36.0 Å². The topological polar surface area (TPSA) is 96.4 Å². The first-order valence-corrected chi connectivity index (χ1v) is 11.9. The van der Waals surface area contributed by atoms with Crippen LogP contribution in [0.3, 0.4) is 0 Å². The van der Waals surface area contributed by atoms with Gasteiger partial charge in [-0.3, -0.25) is 0 Å². The Balaban J connectivity index is 2.16. The monoisotopic (exact) mass is 401 g/mol. The lowest BCUT2D eigenvalue weighted by molar-refractivity contribution is 0.578. The molecule has 0 aliphatic carbocycles. The second kappa shape index (κ2) is 6.67. The number of sulfone groups is 2. The smallest absolute Gasteiger partial charge is 0.226 e. The number of nitrogens with zero attached hydrogens (tertiary/aromatic N) is 2. The van der Waals surface area contributed by atoms with Crippen molar-refractivity contribution < 1.29 is 16.8 Å². The van der Waals surface area contributed by atoms with Crippen molar-refractivity contribution in [2.24, 2.45) is 0 Å². The van der Waals surface area contributed by atoms with Crippen LogP contribution < -0.4 is 10.2 Å². The quantitative estimate of drug-likeness (QED) is 0.819. The van der Waals surface area contributed by atoms with Gasteiger partial charge in [0.15, 0.2) is 5.03 Å². The molecule has 136 valence electrons. The Bertz CT molecular complexity index is 974. The summed E-state index contributed by atoms with van der Waals surface area (Å²) in [5, 5.41) is 3.41. The highest BCUT2D eigenvalue weighted by molar-refractivity contribution is 7.93. The van der Waals surface area contributed by atoms with Crippen molar-refractivity contribution in [3.63, 3.8) is 0 Å². The van der Waals surface area contributed by atoms with Crippen molar-refractivity contribution in [2.75, 3.05) is 37.3 Å². The molecule has 1 aromatic carbocycles. The van der Waals surface area contributed by atoms with Crippen LogP contribution in [-0.2, 0) is 19.7 Å². The minimum Gasteiger partial charge on any atom is -0.358 e. The summed E-state index contributed by atoms with van der Waals surface area (Å²) in [4.78, 5) is 6.00. The second-order valence-corrected chi connectivity index (χ2v) is 10.9. The summed E-state index contributed by atoms with van der Waals surface area (Å²) in [5.41, 5.74) is 0.941. The van der Waals surface area contributed by atoms with Crippen LogP contribution in [-0.4, -0.2) is 54.3 Å². The lowest BCUT2D eigenvalue weighted by Gasteiger charge is -2.28. The molecule has 0 spiro atoms. The maximum Gasteiger partial charge on any atom is 0.226 e. The van der Waals surface area contributed by atoms with Crippen molar-refractivity contribution in [1.82, 2.24) is 10.3 Å². The average molecular weight is 402 g/mol. The van der Waals surface area contributed by atoms with E-state index in [-0.39, 0.29) is 14.3 Å². The third-order valence-electron chi connectivity index (χ3n) is 3.87. The third kappa shape index (κ3) is 3.71. The molecule has 1 N–H and O–H groups in total. The predicted molar refractivity (Wildman–Crippen MR) is 96.9 cm³/mol. The van der Waals surface area contributed by atoms with E-state index in [1.807, 2.05) is 11.8 Å². The van der Waals surface area contributed by atoms with Gasteiger partial charge in [-0.1, -0.05) is 29.0 Å².